The number of hydrogen-bond donors (Lipinski definition) is 0. The Morgan fingerprint density at radius 3 is 2.64 bits per heavy atom. The van der Waals surface area contributed by atoms with E-state index in [1.807, 2.05) is 0 Å². The molecule has 0 saturated heterocycles. The molecule has 0 spiro atoms. The van der Waals surface area contributed by atoms with Gasteiger partial charge < -0.3 is 0 Å². The van der Waals surface area contributed by atoms with Crippen molar-refractivity contribution in [3.63, 3.8) is 0 Å². The third-order valence-electron chi connectivity index (χ3n) is 0.816. The van der Waals surface area contributed by atoms with Gasteiger partial charge in [0.2, 0.25) is 0 Å². The monoisotopic (exact) mass is 175 g/mol. The molecule has 4 nitrogen and oxygen atoms in total. The Morgan fingerprint density at radius 1 is 1.82 bits per heavy atom. The van der Waals surface area contributed by atoms with Crippen LogP contribution in [0, 0.1) is 11.3 Å². The fraction of sp³-hybridized carbons (Fsp3) is 0.500. The zero-order chi connectivity index (χ0) is 8.91. The number of hydrogen-bond acceptors (Lipinski definition) is 4. The molecule has 0 aliphatic rings. The quantitative estimate of drug-likeness (QED) is 0.459. The van der Waals surface area contributed by atoms with Gasteiger partial charge in [-0.1, -0.05) is 6.08 Å². The Balaban J connectivity index is 4.12. The minimum absolute atomic E-state index is 0.212. The zero-order valence-corrected chi connectivity index (χ0v) is 6.97. The number of nitriles is 1. The lowest BCUT2D eigenvalue weighted by Crippen LogP contribution is -2.14. The van der Waals surface area contributed by atoms with Crippen molar-refractivity contribution in [2.75, 3.05) is 6.26 Å². The third-order valence-corrected chi connectivity index (χ3v) is 1.40. The highest BCUT2D eigenvalue weighted by Gasteiger charge is 2.11. The van der Waals surface area contributed by atoms with Crippen molar-refractivity contribution < 1.29 is 12.6 Å². The van der Waals surface area contributed by atoms with E-state index >= 15 is 0 Å². The van der Waals surface area contributed by atoms with Crippen molar-refractivity contribution in [1.82, 2.24) is 0 Å². The molecule has 0 aromatic carbocycles. The van der Waals surface area contributed by atoms with Crippen LogP contribution < -0.4 is 0 Å². The van der Waals surface area contributed by atoms with Gasteiger partial charge in [-0.25, -0.2) is 0 Å². The largest absolute Gasteiger partial charge is 0.265 e. The lowest BCUT2D eigenvalue weighted by molar-refractivity contribution is 0.268. The molecule has 0 aliphatic heterocycles. The fourth-order valence-corrected chi connectivity index (χ4v) is 1.02. The Morgan fingerprint density at radius 2 is 2.36 bits per heavy atom. The van der Waals surface area contributed by atoms with E-state index in [1.54, 1.807) is 6.07 Å². The van der Waals surface area contributed by atoms with Gasteiger partial charge in [0.25, 0.3) is 10.1 Å². The molecule has 0 bridgehead atoms. The molecule has 1 unspecified atom stereocenters. The van der Waals surface area contributed by atoms with Crippen molar-refractivity contribution in [3.8, 4) is 6.07 Å². The van der Waals surface area contributed by atoms with Gasteiger partial charge in [0, 0.05) is 6.42 Å². The van der Waals surface area contributed by atoms with Crippen LogP contribution in [0.5, 0.6) is 0 Å². The molecule has 0 fully saturated rings. The maximum atomic E-state index is 10.5. The van der Waals surface area contributed by atoms with Crippen LogP contribution >= 0.6 is 0 Å². The predicted molar refractivity (Wildman–Crippen MR) is 40.1 cm³/mol. The molecular weight excluding hydrogens is 166 g/mol. The number of nitrogens with zero attached hydrogens (tertiary/aromatic N) is 1. The molecule has 0 radical (unpaired) electrons. The predicted octanol–water partition coefficient (Wildman–Crippen LogP) is 0.431. The summed E-state index contributed by atoms with van der Waals surface area (Å²) in [5.41, 5.74) is 0. The van der Waals surface area contributed by atoms with E-state index in [2.05, 4.69) is 10.8 Å². The highest BCUT2D eigenvalue weighted by atomic mass is 32.2. The van der Waals surface area contributed by atoms with Crippen molar-refractivity contribution in [3.05, 3.63) is 12.7 Å². The van der Waals surface area contributed by atoms with Gasteiger partial charge in [0.1, 0.15) is 0 Å². The second-order valence-corrected chi connectivity index (χ2v) is 3.54. The molecule has 1 atom stereocenters. The highest BCUT2D eigenvalue weighted by molar-refractivity contribution is 7.86. The first-order valence-electron chi connectivity index (χ1n) is 2.88. The van der Waals surface area contributed by atoms with Crippen LogP contribution in [-0.4, -0.2) is 20.8 Å². The molecule has 11 heavy (non-hydrogen) atoms. The first kappa shape index (κ1) is 10.1. The molecule has 0 saturated carbocycles. The molecule has 0 aromatic heterocycles. The van der Waals surface area contributed by atoms with Crippen molar-refractivity contribution in [1.29, 1.82) is 5.26 Å². The maximum Gasteiger partial charge on any atom is 0.265 e. The van der Waals surface area contributed by atoms with E-state index < -0.39 is 16.2 Å². The Bertz CT molecular complexity index is 262. The first-order valence-corrected chi connectivity index (χ1v) is 4.70. The fourth-order valence-electron chi connectivity index (χ4n) is 0.476. The van der Waals surface area contributed by atoms with Gasteiger partial charge in [-0.2, -0.15) is 13.7 Å². The Labute approximate surface area is 66.2 Å². The van der Waals surface area contributed by atoms with Gasteiger partial charge in [0.05, 0.1) is 12.3 Å². The molecule has 0 aromatic rings. The summed E-state index contributed by atoms with van der Waals surface area (Å²) in [6.45, 7) is 3.35. The first-order chi connectivity index (χ1) is 4.99. The zero-order valence-electron chi connectivity index (χ0n) is 6.15. The van der Waals surface area contributed by atoms with Gasteiger partial charge in [-0.3, -0.25) is 4.18 Å². The van der Waals surface area contributed by atoms with Gasteiger partial charge in [0.15, 0.2) is 6.10 Å². The van der Waals surface area contributed by atoms with Crippen molar-refractivity contribution >= 4 is 10.1 Å². The van der Waals surface area contributed by atoms with Crippen LogP contribution in [0.1, 0.15) is 6.42 Å². The summed E-state index contributed by atoms with van der Waals surface area (Å²) in [4.78, 5) is 0. The van der Waals surface area contributed by atoms with E-state index in [9.17, 15) is 8.42 Å². The summed E-state index contributed by atoms with van der Waals surface area (Å²) in [6.07, 6.45) is 1.60. The molecule has 0 heterocycles. The summed E-state index contributed by atoms with van der Waals surface area (Å²) in [7, 11) is -3.53. The van der Waals surface area contributed by atoms with E-state index in [0.29, 0.717) is 0 Å². The maximum absolute atomic E-state index is 10.5. The molecule has 0 amide bonds. The average molecular weight is 175 g/mol. The van der Waals surface area contributed by atoms with Gasteiger partial charge in [-0.15, -0.1) is 6.58 Å². The average Bonchev–Trinajstić information content (AvgIpc) is 1.84. The molecular formula is C6H9NO3S. The summed E-state index contributed by atoms with van der Waals surface area (Å²) < 4.78 is 25.3. The Kier molecular flexibility index (Phi) is 3.79. The molecule has 0 rings (SSSR count). The van der Waals surface area contributed by atoms with Crippen LogP contribution in [0.15, 0.2) is 12.7 Å². The number of rotatable bonds is 4. The summed E-state index contributed by atoms with van der Waals surface area (Å²) >= 11 is 0. The van der Waals surface area contributed by atoms with E-state index in [0.717, 1.165) is 6.26 Å². The molecule has 5 heteroatoms. The summed E-state index contributed by atoms with van der Waals surface area (Å²) in [5, 5.41) is 8.33. The lowest BCUT2D eigenvalue weighted by Gasteiger charge is -2.03. The Hall–Kier alpha value is -0.860. The van der Waals surface area contributed by atoms with E-state index in [4.69, 9.17) is 5.26 Å². The van der Waals surface area contributed by atoms with Crippen molar-refractivity contribution in [2.45, 2.75) is 12.5 Å². The topological polar surface area (TPSA) is 67.2 Å². The van der Waals surface area contributed by atoms with Gasteiger partial charge >= 0.3 is 0 Å². The van der Waals surface area contributed by atoms with Crippen LogP contribution in [-0.2, 0) is 14.3 Å². The summed E-state index contributed by atoms with van der Waals surface area (Å²) in [5.74, 6) is 0. The smallest absolute Gasteiger partial charge is 0.251 e. The second-order valence-electron chi connectivity index (χ2n) is 1.94. The highest BCUT2D eigenvalue weighted by Crippen LogP contribution is 2.01. The van der Waals surface area contributed by atoms with Crippen LogP contribution in [0.3, 0.4) is 0 Å². The van der Waals surface area contributed by atoms with Crippen LogP contribution in [0.2, 0.25) is 0 Å². The minimum atomic E-state index is -3.53. The van der Waals surface area contributed by atoms with Crippen LogP contribution in [0.4, 0.5) is 0 Å². The van der Waals surface area contributed by atoms with Crippen LogP contribution in [0.25, 0.3) is 0 Å². The van der Waals surface area contributed by atoms with E-state index in [-0.39, 0.29) is 6.42 Å². The standard InChI is InChI=1S/C6H9NO3S/c1-3-4-6(5-7)10-11(2,8)9/h3,6H,1,4H2,2H3. The second kappa shape index (κ2) is 4.11. The third kappa shape index (κ3) is 5.58. The molecule has 0 N–H and O–H groups in total. The van der Waals surface area contributed by atoms with Gasteiger partial charge in [-0.05, 0) is 0 Å². The lowest BCUT2D eigenvalue weighted by atomic mass is 10.3. The molecule has 0 aliphatic carbocycles. The van der Waals surface area contributed by atoms with E-state index in [1.165, 1.54) is 6.08 Å². The van der Waals surface area contributed by atoms with Crippen molar-refractivity contribution in [2.24, 2.45) is 0 Å². The normalized spacial score (nSPS) is 13.5. The minimum Gasteiger partial charge on any atom is -0.251 e. The molecule has 62 valence electrons. The SMILES string of the molecule is C=CCC(C#N)OS(C)(=O)=O. The summed E-state index contributed by atoms with van der Waals surface area (Å²) in [6, 6.07) is 1.69.